The van der Waals surface area contributed by atoms with E-state index in [4.69, 9.17) is 4.98 Å². The Kier molecular flexibility index (Phi) is 7.21. The molecule has 2 aromatic rings. The molecule has 30 heavy (non-hydrogen) atoms. The maximum absolute atomic E-state index is 13.2. The van der Waals surface area contributed by atoms with Crippen LogP contribution < -0.4 is 0 Å². The molecule has 2 aliphatic rings. The van der Waals surface area contributed by atoms with Crippen LogP contribution in [0.2, 0.25) is 0 Å². The highest BCUT2D eigenvalue weighted by atomic mass is 32.1. The summed E-state index contributed by atoms with van der Waals surface area (Å²) in [5, 5.41) is 0.959. The molecule has 5 heteroatoms. The number of aromatic nitrogens is 1. The number of likely N-dealkylation sites (tertiary alicyclic amines) is 2. The molecule has 1 aromatic heterocycles. The van der Waals surface area contributed by atoms with Gasteiger partial charge in [0.15, 0.2) is 0 Å². The van der Waals surface area contributed by atoms with Crippen LogP contribution in [0.3, 0.4) is 0 Å². The molecular weight excluding hydrogens is 390 g/mol. The second kappa shape index (κ2) is 10.1. The van der Waals surface area contributed by atoms with Gasteiger partial charge >= 0.3 is 0 Å². The van der Waals surface area contributed by atoms with E-state index >= 15 is 0 Å². The first kappa shape index (κ1) is 21.5. The first-order valence-corrected chi connectivity index (χ1v) is 12.6. The number of rotatable bonds is 6. The van der Waals surface area contributed by atoms with E-state index in [9.17, 15) is 4.79 Å². The van der Waals surface area contributed by atoms with Crippen molar-refractivity contribution in [2.24, 2.45) is 0 Å². The number of nitrogens with zero attached hydrogens (tertiary/aromatic N) is 3. The largest absolute Gasteiger partial charge is 0.338 e. The number of carbonyl (C=O) groups excluding carboxylic acids is 1. The van der Waals surface area contributed by atoms with E-state index in [0.29, 0.717) is 6.04 Å². The summed E-state index contributed by atoms with van der Waals surface area (Å²) in [6.07, 6.45) is 9.83. The number of unbranched alkanes of at least 4 members (excludes halogenated alkanes) is 1. The summed E-state index contributed by atoms with van der Waals surface area (Å²) >= 11 is 1.55. The van der Waals surface area contributed by atoms with Crippen molar-refractivity contribution < 1.29 is 4.79 Å². The number of hydrogen-bond donors (Lipinski definition) is 0. The minimum Gasteiger partial charge on any atom is -0.338 e. The van der Waals surface area contributed by atoms with E-state index in [0.717, 1.165) is 53.5 Å². The van der Waals surface area contributed by atoms with Crippen LogP contribution in [0.15, 0.2) is 24.3 Å². The van der Waals surface area contributed by atoms with Crippen LogP contribution in [0.5, 0.6) is 0 Å². The molecule has 2 saturated heterocycles. The fraction of sp³-hybridized carbons (Fsp3) is 0.600. The predicted octanol–water partition coefficient (Wildman–Crippen LogP) is 5.55. The van der Waals surface area contributed by atoms with Crippen molar-refractivity contribution in [2.75, 3.05) is 26.2 Å². The van der Waals surface area contributed by atoms with Crippen LogP contribution in [-0.2, 0) is 6.42 Å². The SMILES string of the molecule is CCCCc1ccc(-c2nc(C)c(C(=O)N3CCC(N4CCCCC4)CC3)s2)cc1. The lowest BCUT2D eigenvalue weighted by atomic mass is 10.00. The zero-order chi connectivity index (χ0) is 20.9. The molecule has 3 heterocycles. The molecule has 2 fully saturated rings. The maximum atomic E-state index is 13.2. The highest BCUT2D eigenvalue weighted by Gasteiger charge is 2.29. The summed E-state index contributed by atoms with van der Waals surface area (Å²) in [6, 6.07) is 9.38. The molecule has 0 bridgehead atoms. The van der Waals surface area contributed by atoms with Gasteiger partial charge in [0.25, 0.3) is 5.91 Å². The molecule has 0 atom stereocenters. The van der Waals surface area contributed by atoms with Crippen LogP contribution in [0.1, 0.15) is 72.8 Å². The topological polar surface area (TPSA) is 36.4 Å². The Bertz CT molecular complexity index is 831. The van der Waals surface area contributed by atoms with Crippen LogP contribution in [0.4, 0.5) is 0 Å². The normalized spacial score (nSPS) is 18.7. The fourth-order valence-electron chi connectivity index (χ4n) is 4.77. The number of carbonyl (C=O) groups is 1. The van der Waals surface area contributed by atoms with Crippen LogP contribution in [0.25, 0.3) is 10.6 Å². The van der Waals surface area contributed by atoms with Gasteiger partial charge in [-0.15, -0.1) is 11.3 Å². The Balaban J connectivity index is 1.38. The molecule has 4 rings (SSSR count). The molecule has 2 aliphatic heterocycles. The summed E-state index contributed by atoms with van der Waals surface area (Å²) < 4.78 is 0. The van der Waals surface area contributed by atoms with Gasteiger partial charge < -0.3 is 9.80 Å². The Labute approximate surface area is 185 Å². The quantitative estimate of drug-likeness (QED) is 0.609. The molecule has 0 N–H and O–H groups in total. The number of thiazole rings is 1. The lowest BCUT2D eigenvalue weighted by Gasteiger charge is -2.40. The molecule has 0 aliphatic carbocycles. The zero-order valence-electron chi connectivity index (χ0n) is 18.5. The van der Waals surface area contributed by atoms with Gasteiger partial charge in [-0.1, -0.05) is 44.0 Å². The van der Waals surface area contributed by atoms with E-state index in [1.54, 1.807) is 11.3 Å². The molecule has 1 aromatic carbocycles. The molecule has 0 radical (unpaired) electrons. The number of hydrogen-bond acceptors (Lipinski definition) is 4. The highest BCUT2D eigenvalue weighted by molar-refractivity contribution is 7.17. The van der Waals surface area contributed by atoms with Gasteiger partial charge in [-0.3, -0.25) is 4.79 Å². The molecule has 4 nitrogen and oxygen atoms in total. The average molecular weight is 426 g/mol. The number of aryl methyl sites for hydroxylation is 2. The average Bonchev–Trinajstić information content (AvgIpc) is 3.20. The van der Waals surface area contributed by atoms with E-state index in [1.165, 1.54) is 50.8 Å². The number of piperidine rings is 2. The van der Waals surface area contributed by atoms with Crippen LogP contribution in [0, 0.1) is 6.92 Å². The third-order valence-corrected chi connectivity index (χ3v) is 7.86. The third-order valence-electron chi connectivity index (χ3n) is 6.67. The summed E-state index contributed by atoms with van der Waals surface area (Å²) in [5.41, 5.74) is 3.36. The van der Waals surface area contributed by atoms with Crippen LogP contribution in [-0.4, -0.2) is 52.9 Å². The number of amides is 1. The van der Waals surface area contributed by atoms with Gasteiger partial charge in [-0.2, -0.15) is 0 Å². The van der Waals surface area contributed by atoms with Crippen molar-refractivity contribution >= 4 is 17.2 Å². The Morgan fingerprint density at radius 1 is 1.07 bits per heavy atom. The molecule has 1 amide bonds. The van der Waals surface area contributed by atoms with Gasteiger partial charge in [-0.05, 0) is 64.1 Å². The summed E-state index contributed by atoms with van der Waals surface area (Å²) in [5.74, 6) is 0.174. The van der Waals surface area contributed by atoms with Gasteiger partial charge in [0.05, 0.1) is 5.69 Å². The second-order valence-corrected chi connectivity index (χ2v) is 9.85. The van der Waals surface area contributed by atoms with Gasteiger partial charge in [0.1, 0.15) is 9.88 Å². The predicted molar refractivity (Wildman–Crippen MR) is 125 cm³/mol. The lowest BCUT2D eigenvalue weighted by molar-refractivity contribution is 0.0593. The summed E-state index contributed by atoms with van der Waals surface area (Å²) in [4.78, 5) is 23.5. The van der Waals surface area contributed by atoms with Crippen molar-refractivity contribution in [1.82, 2.24) is 14.8 Å². The Morgan fingerprint density at radius 2 is 1.77 bits per heavy atom. The smallest absolute Gasteiger partial charge is 0.265 e. The van der Waals surface area contributed by atoms with Gasteiger partial charge in [0, 0.05) is 24.7 Å². The monoisotopic (exact) mass is 425 g/mol. The molecular formula is C25H35N3OS. The van der Waals surface area contributed by atoms with Crippen molar-refractivity contribution in [1.29, 1.82) is 0 Å². The van der Waals surface area contributed by atoms with Gasteiger partial charge in [0.2, 0.25) is 0 Å². The molecule has 0 unspecified atom stereocenters. The first-order chi connectivity index (χ1) is 14.7. The minimum atomic E-state index is 0.174. The van der Waals surface area contributed by atoms with Gasteiger partial charge in [-0.25, -0.2) is 4.98 Å². The Morgan fingerprint density at radius 3 is 2.43 bits per heavy atom. The third kappa shape index (κ3) is 4.94. The minimum absolute atomic E-state index is 0.174. The van der Waals surface area contributed by atoms with E-state index in [-0.39, 0.29) is 5.91 Å². The molecule has 162 valence electrons. The van der Waals surface area contributed by atoms with Crippen LogP contribution >= 0.6 is 11.3 Å². The summed E-state index contributed by atoms with van der Waals surface area (Å²) in [6.45, 7) is 8.43. The van der Waals surface area contributed by atoms with E-state index in [2.05, 4.69) is 41.0 Å². The van der Waals surface area contributed by atoms with E-state index in [1.807, 2.05) is 6.92 Å². The Hall–Kier alpha value is -1.72. The number of benzene rings is 1. The highest BCUT2D eigenvalue weighted by Crippen LogP contribution is 2.30. The van der Waals surface area contributed by atoms with Crippen molar-refractivity contribution in [3.8, 4) is 10.6 Å². The molecule has 0 saturated carbocycles. The lowest BCUT2D eigenvalue weighted by Crippen LogP contribution is -2.48. The van der Waals surface area contributed by atoms with E-state index < -0.39 is 0 Å². The summed E-state index contributed by atoms with van der Waals surface area (Å²) in [7, 11) is 0. The van der Waals surface area contributed by atoms with Crippen molar-refractivity contribution in [3.05, 3.63) is 40.4 Å². The second-order valence-electron chi connectivity index (χ2n) is 8.85. The molecule has 0 spiro atoms. The van der Waals surface area contributed by atoms with Crippen molar-refractivity contribution in [3.63, 3.8) is 0 Å². The maximum Gasteiger partial charge on any atom is 0.265 e. The zero-order valence-corrected chi connectivity index (χ0v) is 19.3. The standard InChI is InChI=1S/C25H35N3OS/c1-3-4-8-20-9-11-21(12-10-20)24-26-19(2)23(30-24)25(29)28-17-13-22(14-18-28)27-15-6-5-7-16-27/h9-12,22H,3-8,13-18H2,1-2H3. The van der Waals surface area contributed by atoms with Crippen molar-refractivity contribution in [2.45, 2.75) is 71.3 Å². The first-order valence-electron chi connectivity index (χ1n) is 11.8. The fourth-order valence-corrected chi connectivity index (χ4v) is 5.81.